The van der Waals surface area contributed by atoms with Crippen LogP contribution in [0.4, 0.5) is 4.79 Å². The number of esters is 1. The first-order valence-electron chi connectivity index (χ1n) is 13.3. The summed E-state index contributed by atoms with van der Waals surface area (Å²) in [5.41, 5.74) is 2.72. The van der Waals surface area contributed by atoms with E-state index in [-0.39, 0.29) is 0 Å². The van der Waals surface area contributed by atoms with Crippen LogP contribution in [0.25, 0.3) is 0 Å². The van der Waals surface area contributed by atoms with Gasteiger partial charge in [0.2, 0.25) is 0 Å². The summed E-state index contributed by atoms with van der Waals surface area (Å²) in [5, 5.41) is 10.3. The van der Waals surface area contributed by atoms with Crippen LogP contribution in [0.1, 0.15) is 68.7 Å². The molecule has 2 aromatic carbocycles. The van der Waals surface area contributed by atoms with Crippen LogP contribution in [0, 0.1) is 30.1 Å². The third-order valence-corrected chi connectivity index (χ3v) is 9.09. The SMILES string of the molecule is Cc1ccccc1C1N=C(CCC23CC4CC(CC(C4)C2)C3)C(C(=O)Oc2ccccc2)N1C(=O)O. The normalized spacial score (nSPS) is 32.4. The predicted molar refractivity (Wildman–Crippen MR) is 137 cm³/mol. The van der Waals surface area contributed by atoms with Gasteiger partial charge in [-0.15, -0.1) is 0 Å². The van der Waals surface area contributed by atoms with E-state index in [4.69, 9.17) is 9.73 Å². The smallest absolute Gasteiger partial charge is 0.410 e. The van der Waals surface area contributed by atoms with Crippen molar-refractivity contribution in [1.82, 2.24) is 4.90 Å². The van der Waals surface area contributed by atoms with Crippen molar-refractivity contribution in [3.05, 3.63) is 65.7 Å². The fraction of sp³-hybridized carbons (Fsp3) is 0.500. The number of ether oxygens (including phenoxy) is 1. The maximum absolute atomic E-state index is 13.5. The number of nitrogens with zero attached hydrogens (tertiary/aromatic N) is 2. The summed E-state index contributed by atoms with van der Waals surface area (Å²) in [4.78, 5) is 32.2. The molecule has 6 nitrogen and oxygen atoms in total. The van der Waals surface area contributed by atoms with Crippen molar-refractivity contribution in [2.24, 2.45) is 28.2 Å². The summed E-state index contributed by atoms with van der Waals surface area (Å²) < 4.78 is 5.69. The molecule has 4 saturated carbocycles. The molecule has 4 fully saturated rings. The van der Waals surface area contributed by atoms with Gasteiger partial charge < -0.3 is 9.84 Å². The Kier molecular flexibility index (Phi) is 5.85. The fourth-order valence-corrected chi connectivity index (χ4v) is 8.00. The van der Waals surface area contributed by atoms with Crippen molar-refractivity contribution in [1.29, 1.82) is 0 Å². The molecule has 6 heteroatoms. The van der Waals surface area contributed by atoms with Crippen LogP contribution in [0.5, 0.6) is 5.75 Å². The predicted octanol–water partition coefficient (Wildman–Crippen LogP) is 6.40. The van der Waals surface area contributed by atoms with E-state index >= 15 is 0 Å². The van der Waals surface area contributed by atoms with E-state index in [0.717, 1.165) is 35.3 Å². The molecule has 5 aliphatic rings. The molecular weight excluding hydrogens is 452 g/mol. The van der Waals surface area contributed by atoms with Gasteiger partial charge in [0.05, 0.1) is 0 Å². The molecule has 188 valence electrons. The number of rotatable bonds is 6. The Hall–Kier alpha value is -3.15. The fourth-order valence-electron chi connectivity index (χ4n) is 8.00. The van der Waals surface area contributed by atoms with Crippen molar-refractivity contribution >= 4 is 17.8 Å². The lowest BCUT2D eigenvalue weighted by Crippen LogP contribution is -2.49. The lowest BCUT2D eigenvalue weighted by atomic mass is 9.48. The van der Waals surface area contributed by atoms with Crippen LogP contribution < -0.4 is 4.74 Å². The van der Waals surface area contributed by atoms with Crippen molar-refractivity contribution < 1.29 is 19.4 Å². The summed E-state index contributed by atoms with van der Waals surface area (Å²) in [6.45, 7) is 1.95. The zero-order valence-corrected chi connectivity index (χ0v) is 20.8. The number of hydrogen-bond donors (Lipinski definition) is 1. The number of amides is 1. The highest BCUT2D eigenvalue weighted by molar-refractivity contribution is 6.10. The number of para-hydroxylation sites is 1. The van der Waals surface area contributed by atoms with Gasteiger partial charge in [-0.25, -0.2) is 9.59 Å². The van der Waals surface area contributed by atoms with Gasteiger partial charge in [-0.1, -0.05) is 42.5 Å². The second-order valence-corrected chi connectivity index (χ2v) is 11.6. The van der Waals surface area contributed by atoms with Crippen LogP contribution in [-0.2, 0) is 4.79 Å². The van der Waals surface area contributed by atoms with E-state index < -0.39 is 24.3 Å². The quantitative estimate of drug-likeness (QED) is 0.379. The summed E-state index contributed by atoms with van der Waals surface area (Å²) in [5.74, 6) is 2.36. The van der Waals surface area contributed by atoms with Gasteiger partial charge in [0.25, 0.3) is 0 Å². The van der Waals surface area contributed by atoms with E-state index in [9.17, 15) is 14.7 Å². The van der Waals surface area contributed by atoms with Gasteiger partial charge in [-0.3, -0.25) is 9.89 Å². The number of aryl methyl sites for hydroxylation is 1. The van der Waals surface area contributed by atoms with Crippen LogP contribution in [-0.4, -0.2) is 33.8 Å². The molecule has 2 aromatic rings. The van der Waals surface area contributed by atoms with Crippen LogP contribution in [0.3, 0.4) is 0 Å². The Morgan fingerprint density at radius 1 is 0.972 bits per heavy atom. The molecule has 2 unspecified atom stereocenters. The molecule has 0 spiro atoms. The first kappa shape index (κ1) is 23.3. The summed E-state index contributed by atoms with van der Waals surface area (Å²) in [6.07, 6.45) is 7.66. The number of aliphatic imine (C=N–C) groups is 1. The number of carbonyl (C=O) groups excluding carboxylic acids is 1. The Balaban J connectivity index is 1.31. The van der Waals surface area contributed by atoms with Crippen LogP contribution >= 0.6 is 0 Å². The number of carboxylic acid groups (broad SMARTS) is 1. The molecule has 0 aromatic heterocycles. The van der Waals surface area contributed by atoms with Crippen LogP contribution in [0.15, 0.2) is 59.6 Å². The topological polar surface area (TPSA) is 79.2 Å². The van der Waals surface area contributed by atoms with Gasteiger partial charge in [0.1, 0.15) is 5.75 Å². The van der Waals surface area contributed by atoms with Crippen molar-refractivity contribution in [3.63, 3.8) is 0 Å². The molecule has 4 aliphatic carbocycles. The van der Waals surface area contributed by atoms with Crippen molar-refractivity contribution in [2.75, 3.05) is 0 Å². The zero-order chi connectivity index (χ0) is 24.9. The van der Waals surface area contributed by atoms with Crippen LogP contribution in [0.2, 0.25) is 0 Å². The average Bonchev–Trinajstić information content (AvgIpc) is 3.23. The third-order valence-electron chi connectivity index (χ3n) is 9.09. The molecule has 7 rings (SSSR count). The lowest BCUT2D eigenvalue weighted by Gasteiger charge is -2.57. The number of hydrogen-bond acceptors (Lipinski definition) is 4. The van der Waals surface area contributed by atoms with E-state index in [1.54, 1.807) is 24.3 Å². The summed E-state index contributed by atoms with van der Waals surface area (Å²) in [6, 6.07) is 15.5. The van der Waals surface area contributed by atoms with Crippen molar-refractivity contribution in [3.8, 4) is 5.75 Å². The zero-order valence-electron chi connectivity index (χ0n) is 20.8. The van der Waals surface area contributed by atoms with Gasteiger partial charge in [0, 0.05) is 5.71 Å². The monoisotopic (exact) mass is 486 g/mol. The molecule has 1 aliphatic heterocycles. The molecule has 0 radical (unpaired) electrons. The number of carbonyl (C=O) groups is 2. The minimum atomic E-state index is -1.16. The first-order valence-corrected chi connectivity index (χ1v) is 13.3. The third kappa shape index (κ3) is 4.21. The molecule has 0 saturated heterocycles. The molecule has 36 heavy (non-hydrogen) atoms. The molecule has 1 heterocycles. The molecule has 4 bridgehead atoms. The molecule has 1 amide bonds. The van der Waals surface area contributed by atoms with E-state index in [1.807, 2.05) is 37.3 Å². The van der Waals surface area contributed by atoms with Gasteiger partial charge >= 0.3 is 12.1 Å². The minimum absolute atomic E-state index is 0.319. The maximum Gasteiger partial charge on any atom is 0.410 e. The first-order chi connectivity index (χ1) is 17.4. The largest absolute Gasteiger partial charge is 0.465 e. The van der Waals surface area contributed by atoms with Gasteiger partial charge in [0.15, 0.2) is 12.2 Å². The highest BCUT2D eigenvalue weighted by Gasteiger charge is 2.52. The summed E-state index contributed by atoms with van der Waals surface area (Å²) in [7, 11) is 0. The minimum Gasteiger partial charge on any atom is -0.465 e. The average molecular weight is 487 g/mol. The van der Waals surface area contributed by atoms with Crippen molar-refractivity contribution in [2.45, 2.75) is 70.5 Å². The van der Waals surface area contributed by atoms with E-state index in [0.29, 0.717) is 23.3 Å². The molecule has 1 N–H and O–H groups in total. The second-order valence-electron chi connectivity index (χ2n) is 11.6. The summed E-state index contributed by atoms with van der Waals surface area (Å²) >= 11 is 0. The van der Waals surface area contributed by atoms with Gasteiger partial charge in [-0.2, -0.15) is 0 Å². The van der Waals surface area contributed by atoms with E-state index in [1.165, 1.54) is 43.4 Å². The number of benzene rings is 2. The highest BCUT2D eigenvalue weighted by atomic mass is 16.5. The van der Waals surface area contributed by atoms with E-state index in [2.05, 4.69) is 0 Å². The van der Waals surface area contributed by atoms with Gasteiger partial charge in [-0.05, 0) is 105 Å². The molecular formula is C30H34N2O4. The Labute approximate surface area is 212 Å². The maximum atomic E-state index is 13.5. The highest BCUT2D eigenvalue weighted by Crippen LogP contribution is 2.61. The standard InChI is InChI=1S/C30H34N2O4/c1-19-7-5-6-10-24(19)27-31-25(11-12-30-16-20-13-21(17-30)15-22(14-20)18-30)26(32(27)29(34)35)28(33)36-23-8-3-2-4-9-23/h2-10,20-22,26-27H,11-18H2,1H3,(H,34,35). The molecule has 2 atom stereocenters. The second kappa shape index (κ2) is 9.06. The Morgan fingerprint density at radius 2 is 1.58 bits per heavy atom. The Morgan fingerprint density at radius 3 is 2.19 bits per heavy atom. The lowest BCUT2D eigenvalue weighted by molar-refractivity contribution is -0.137. The Bertz CT molecular complexity index is 1160.